The van der Waals surface area contributed by atoms with Crippen LogP contribution in [-0.2, 0) is 21.4 Å². The number of aromatic nitrogens is 3. The summed E-state index contributed by atoms with van der Waals surface area (Å²) in [6, 6.07) is 14.0. The van der Waals surface area contributed by atoms with Crippen molar-refractivity contribution < 1.29 is 33.1 Å². The van der Waals surface area contributed by atoms with Crippen LogP contribution in [0.2, 0.25) is 0 Å². The van der Waals surface area contributed by atoms with E-state index >= 15 is 0 Å². The largest absolute Gasteiger partial charge is 0.383 e. The number of hydrogen-bond donors (Lipinski definition) is 4. The van der Waals surface area contributed by atoms with Gasteiger partial charge in [0.2, 0.25) is 11.8 Å². The molecule has 5 heterocycles. The Kier molecular flexibility index (Phi) is 8.74. The molecule has 15 nitrogen and oxygen atoms in total. The average Bonchev–Trinajstić information content (AvgIpc) is 3.68. The number of imide groups is 2. The van der Waals surface area contributed by atoms with E-state index in [9.17, 15) is 28.4 Å². The molecular weight excluding hydrogens is 685 g/mol. The number of hydrogen-bond acceptors (Lipinski definition) is 12. The number of halogens is 1. The monoisotopic (exact) mass is 719 g/mol. The first kappa shape index (κ1) is 33.8. The lowest BCUT2D eigenvalue weighted by molar-refractivity contribution is -0.136. The molecule has 0 saturated carbocycles. The highest BCUT2D eigenvalue weighted by Crippen LogP contribution is 2.45. The summed E-state index contributed by atoms with van der Waals surface area (Å²) in [5.41, 5.74) is 4.74. The van der Waals surface area contributed by atoms with E-state index < -0.39 is 35.5 Å². The van der Waals surface area contributed by atoms with E-state index in [1.807, 2.05) is 35.9 Å². The lowest BCUT2D eigenvalue weighted by atomic mass is 9.78. The SMILES string of the molecule is Cn1cnnc1[C@H]1C2=NCC(=O)c3cc(F)cc(c32)N[C@@H]1c1ccc(NCCOCCNc2cccc3c2C(=O)N(C2CCC(=O)NC2=O)C3=O)cc1. The molecule has 4 N–H and O–H groups in total. The van der Waals surface area contributed by atoms with Gasteiger partial charge in [-0.25, -0.2) is 4.39 Å². The average molecular weight is 720 g/mol. The first-order chi connectivity index (χ1) is 25.7. The van der Waals surface area contributed by atoms with Crippen LogP contribution in [0.3, 0.4) is 0 Å². The van der Waals surface area contributed by atoms with E-state index in [2.05, 4.69) is 36.5 Å². The molecule has 0 bridgehead atoms. The van der Waals surface area contributed by atoms with E-state index in [1.165, 1.54) is 12.1 Å². The second kappa shape index (κ2) is 13.7. The van der Waals surface area contributed by atoms with Crippen molar-refractivity contribution in [2.45, 2.75) is 30.8 Å². The van der Waals surface area contributed by atoms with E-state index in [1.54, 1.807) is 24.5 Å². The Labute approximate surface area is 302 Å². The molecule has 270 valence electrons. The predicted molar refractivity (Wildman–Crippen MR) is 190 cm³/mol. The number of piperidine rings is 1. The zero-order valence-electron chi connectivity index (χ0n) is 28.5. The minimum atomic E-state index is -1.03. The molecule has 16 heteroatoms. The van der Waals surface area contributed by atoms with Crippen LogP contribution in [-0.4, -0.2) is 93.7 Å². The topological polar surface area (TPSA) is 189 Å². The van der Waals surface area contributed by atoms with Crippen LogP contribution in [0.25, 0.3) is 0 Å². The number of ketones is 1. The third-order valence-electron chi connectivity index (χ3n) is 9.89. The minimum absolute atomic E-state index is 0.0517. The number of carbonyl (C=O) groups excluding carboxylic acids is 5. The minimum Gasteiger partial charge on any atom is -0.383 e. The lowest BCUT2D eigenvalue weighted by Crippen LogP contribution is -2.54. The molecule has 1 unspecified atom stereocenters. The Bertz CT molecular complexity index is 2220. The fourth-order valence-electron chi connectivity index (χ4n) is 7.42. The quantitative estimate of drug-likeness (QED) is 0.132. The maximum Gasteiger partial charge on any atom is 0.264 e. The van der Waals surface area contributed by atoms with Crippen LogP contribution in [0.5, 0.6) is 0 Å². The van der Waals surface area contributed by atoms with Gasteiger partial charge in [-0.1, -0.05) is 18.2 Å². The highest BCUT2D eigenvalue weighted by molar-refractivity contribution is 6.25. The Hall–Kier alpha value is -6.29. The van der Waals surface area contributed by atoms with Crippen LogP contribution in [0, 0.1) is 5.82 Å². The summed E-state index contributed by atoms with van der Waals surface area (Å²) in [7, 11) is 1.85. The summed E-state index contributed by atoms with van der Waals surface area (Å²) in [4.78, 5) is 68.6. The number of nitrogens with one attached hydrogen (secondary N) is 4. The molecule has 1 saturated heterocycles. The number of aryl methyl sites for hydroxylation is 1. The van der Waals surface area contributed by atoms with Gasteiger partial charge in [-0.15, -0.1) is 10.2 Å². The normalized spacial score (nSPS) is 20.4. The molecule has 4 aromatic rings. The first-order valence-electron chi connectivity index (χ1n) is 17.2. The number of amides is 4. The molecule has 0 spiro atoms. The molecule has 4 aliphatic heterocycles. The molecule has 0 aliphatic carbocycles. The molecule has 3 atom stereocenters. The fourth-order valence-corrected chi connectivity index (χ4v) is 7.42. The van der Waals surface area contributed by atoms with Gasteiger partial charge in [-0.2, -0.15) is 0 Å². The number of fused-ring (bicyclic) bond motifs is 1. The van der Waals surface area contributed by atoms with Crippen molar-refractivity contribution >= 4 is 52.2 Å². The van der Waals surface area contributed by atoms with E-state index in [-0.39, 0.29) is 48.3 Å². The number of ether oxygens (including phenoxy) is 1. The molecule has 1 fully saturated rings. The van der Waals surface area contributed by atoms with Crippen molar-refractivity contribution in [1.29, 1.82) is 0 Å². The number of Topliss-reactive ketones (excluding diaryl/α,β-unsaturated/α-hetero) is 1. The van der Waals surface area contributed by atoms with Crippen molar-refractivity contribution in [1.82, 2.24) is 25.0 Å². The van der Waals surface area contributed by atoms with Gasteiger partial charge in [0.05, 0.1) is 42.0 Å². The highest BCUT2D eigenvalue weighted by atomic mass is 19.1. The van der Waals surface area contributed by atoms with Gasteiger partial charge in [-0.05, 0) is 48.4 Å². The number of anilines is 3. The van der Waals surface area contributed by atoms with Crippen LogP contribution in [0.15, 0.2) is 65.9 Å². The molecular formula is C37H34FN9O6. The lowest BCUT2D eigenvalue weighted by Gasteiger charge is -2.37. The van der Waals surface area contributed by atoms with Crippen LogP contribution < -0.4 is 21.3 Å². The zero-order chi connectivity index (χ0) is 36.8. The van der Waals surface area contributed by atoms with Gasteiger partial charge in [0.25, 0.3) is 11.8 Å². The number of benzene rings is 3. The molecule has 53 heavy (non-hydrogen) atoms. The van der Waals surface area contributed by atoms with Crippen LogP contribution in [0.4, 0.5) is 21.5 Å². The maximum atomic E-state index is 14.6. The van der Waals surface area contributed by atoms with Crippen LogP contribution in [0.1, 0.15) is 72.8 Å². The molecule has 1 aromatic heterocycles. The molecule has 3 aromatic carbocycles. The summed E-state index contributed by atoms with van der Waals surface area (Å²) in [6.45, 7) is 1.52. The third kappa shape index (κ3) is 6.09. The Morgan fingerprint density at radius 1 is 0.943 bits per heavy atom. The predicted octanol–water partition coefficient (Wildman–Crippen LogP) is 2.83. The maximum absolute atomic E-state index is 14.6. The summed E-state index contributed by atoms with van der Waals surface area (Å²) >= 11 is 0. The third-order valence-corrected chi connectivity index (χ3v) is 9.89. The van der Waals surface area contributed by atoms with Crippen molar-refractivity contribution in [2.75, 3.05) is 48.8 Å². The van der Waals surface area contributed by atoms with E-state index in [4.69, 9.17) is 4.74 Å². The van der Waals surface area contributed by atoms with Gasteiger partial charge in [0, 0.05) is 54.7 Å². The van der Waals surface area contributed by atoms with Crippen molar-refractivity contribution in [3.8, 4) is 0 Å². The standard InChI is InChI=1S/C37H34FN9O6/c1-46-18-42-45-34(46)31-32(43-25-16-20(38)15-23-27(48)17-41-33(31)29(23)25)19-5-7-21(8-6-19)39-11-13-53-14-12-40-24-4-2-3-22-30(24)37(52)47(36(22)51)26-9-10-28(49)44-35(26)50/h2-8,15-16,18,26,31-32,39-40,43H,9-14,17H2,1H3,(H,44,49,50)/t26?,31-,32-/m1/s1. The summed E-state index contributed by atoms with van der Waals surface area (Å²) in [5.74, 6) is -2.66. The molecule has 8 rings (SSSR count). The van der Waals surface area contributed by atoms with E-state index in [0.717, 1.165) is 16.2 Å². The van der Waals surface area contributed by atoms with Gasteiger partial charge in [0.1, 0.15) is 30.6 Å². The van der Waals surface area contributed by atoms with Gasteiger partial charge >= 0.3 is 0 Å². The Morgan fingerprint density at radius 2 is 1.74 bits per heavy atom. The van der Waals surface area contributed by atoms with Crippen LogP contribution >= 0.6 is 0 Å². The Morgan fingerprint density at radius 3 is 2.49 bits per heavy atom. The summed E-state index contributed by atoms with van der Waals surface area (Å²) < 4.78 is 22.2. The van der Waals surface area contributed by atoms with E-state index in [0.29, 0.717) is 60.3 Å². The smallest absolute Gasteiger partial charge is 0.264 e. The molecule has 4 amide bonds. The number of aliphatic imine (C=N–C) groups is 1. The summed E-state index contributed by atoms with van der Waals surface area (Å²) in [5, 5.41) is 20.6. The number of rotatable bonds is 11. The van der Waals surface area contributed by atoms with Crippen molar-refractivity contribution in [2.24, 2.45) is 12.0 Å². The number of nitrogens with zero attached hydrogens (tertiary/aromatic N) is 5. The Balaban J connectivity index is 0.865. The second-order valence-corrected chi connectivity index (χ2v) is 13.2. The zero-order valence-corrected chi connectivity index (χ0v) is 28.5. The second-order valence-electron chi connectivity index (χ2n) is 13.2. The van der Waals surface area contributed by atoms with Gasteiger partial charge in [-0.3, -0.25) is 39.2 Å². The van der Waals surface area contributed by atoms with Gasteiger partial charge < -0.3 is 25.3 Å². The molecule has 0 radical (unpaired) electrons. The highest BCUT2D eigenvalue weighted by Gasteiger charge is 2.46. The molecule has 4 aliphatic rings. The van der Waals surface area contributed by atoms with Gasteiger partial charge in [0.15, 0.2) is 5.78 Å². The summed E-state index contributed by atoms with van der Waals surface area (Å²) in [6.07, 6.45) is 1.75. The number of carbonyl (C=O) groups is 5. The fraction of sp³-hybridized carbons (Fsp3) is 0.297. The van der Waals surface area contributed by atoms with Crippen molar-refractivity contribution in [3.05, 3.63) is 100 Å². The van der Waals surface area contributed by atoms with Crippen molar-refractivity contribution in [3.63, 3.8) is 0 Å². The first-order valence-corrected chi connectivity index (χ1v) is 17.2.